The van der Waals surface area contributed by atoms with Crippen molar-refractivity contribution in [3.8, 4) is 0 Å². The molecule has 0 saturated carbocycles. The molecule has 0 radical (unpaired) electrons. The molecular weight excluding hydrogens is 172 g/mol. The molecule has 1 atom stereocenters. The molecule has 2 aromatic rings. The van der Waals surface area contributed by atoms with Crippen molar-refractivity contribution in [2.75, 3.05) is 0 Å². The summed E-state index contributed by atoms with van der Waals surface area (Å²) in [4.78, 5) is 0.941. The number of hydrogen-bond acceptors (Lipinski definition) is 3. The van der Waals surface area contributed by atoms with E-state index in [2.05, 4.69) is 0 Å². The Balaban J connectivity index is 2.27. The lowest BCUT2D eigenvalue weighted by molar-refractivity contribution is 0.223. The molecule has 0 bridgehead atoms. The summed E-state index contributed by atoms with van der Waals surface area (Å²) in [6.07, 6.45) is 2.58. The van der Waals surface area contributed by atoms with E-state index in [1.807, 2.05) is 17.5 Å². The van der Waals surface area contributed by atoms with Crippen LogP contribution in [0.5, 0.6) is 0 Å². The maximum absolute atomic E-state index is 9.72. The molecule has 1 N–H and O–H groups in total. The van der Waals surface area contributed by atoms with Crippen molar-refractivity contribution in [2.24, 2.45) is 0 Å². The third-order valence-corrected chi connectivity index (χ3v) is 2.60. The Morgan fingerprint density at radius 2 is 2.33 bits per heavy atom. The molecule has 0 saturated heterocycles. The quantitative estimate of drug-likeness (QED) is 0.770. The van der Waals surface area contributed by atoms with Crippen LogP contribution in [0.15, 0.2) is 40.5 Å². The highest BCUT2D eigenvalue weighted by Gasteiger charge is 2.11. The molecule has 0 aliphatic carbocycles. The van der Waals surface area contributed by atoms with E-state index in [0.717, 1.165) is 10.4 Å². The predicted molar refractivity (Wildman–Crippen MR) is 47.1 cm³/mol. The monoisotopic (exact) mass is 180 g/mol. The van der Waals surface area contributed by atoms with Gasteiger partial charge in [0.1, 0.15) is 6.10 Å². The fraction of sp³-hybridized carbons (Fsp3) is 0.111. The van der Waals surface area contributed by atoms with Crippen molar-refractivity contribution in [3.63, 3.8) is 0 Å². The van der Waals surface area contributed by atoms with Crippen LogP contribution in [-0.4, -0.2) is 5.11 Å². The molecule has 3 heteroatoms. The van der Waals surface area contributed by atoms with Crippen LogP contribution >= 0.6 is 11.3 Å². The topological polar surface area (TPSA) is 33.4 Å². The molecule has 2 rings (SSSR count). The highest BCUT2D eigenvalue weighted by Crippen LogP contribution is 2.25. The van der Waals surface area contributed by atoms with Crippen LogP contribution in [-0.2, 0) is 0 Å². The van der Waals surface area contributed by atoms with Gasteiger partial charge in [-0.3, -0.25) is 0 Å². The van der Waals surface area contributed by atoms with E-state index in [1.165, 1.54) is 11.3 Å². The first kappa shape index (κ1) is 7.58. The van der Waals surface area contributed by atoms with Crippen LogP contribution in [0.1, 0.15) is 16.5 Å². The van der Waals surface area contributed by atoms with Crippen molar-refractivity contribution in [3.05, 3.63) is 46.5 Å². The van der Waals surface area contributed by atoms with Crippen LogP contribution in [0.3, 0.4) is 0 Å². The van der Waals surface area contributed by atoms with E-state index < -0.39 is 6.10 Å². The Labute approximate surface area is 74.1 Å². The van der Waals surface area contributed by atoms with Gasteiger partial charge >= 0.3 is 0 Å². The first-order valence-electron chi connectivity index (χ1n) is 3.61. The normalized spacial score (nSPS) is 13.1. The maximum Gasteiger partial charge on any atom is 0.116 e. The second-order valence-electron chi connectivity index (χ2n) is 2.47. The number of aliphatic hydroxyl groups excluding tert-OH is 1. The molecule has 0 aliphatic rings. The van der Waals surface area contributed by atoms with E-state index in [9.17, 15) is 5.11 Å². The highest BCUT2D eigenvalue weighted by atomic mass is 32.1. The molecule has 0 aromatic carbocycles. The van der Waals surface area contributed by atoms with Crippen molar-refractivity contribution in [1.82, 2.24) is 0 Å². The van der Waals surface area contributed by atoms with Gasteiger partial charge in [0.2, 0.25) is 0 Å². The van der Waals surface area contributed by atoms with Gasteiger partial charge in [-0.05, 0) is 17.5 Å². The lowest BCUT2D eigenvalue weighted by Gasteiger charge is -2.03. The largest absolute Gasteiger partial charge is 0.472 e. The van der Waals surface area contributed by atoms with Crippen LogP contribution in [0.4, 0.5) is 0 Å². The Morgan fingerprint density at radius 3 is 2.92 bits per heavy atom. The molecule has 62 valence electrons. The van der Waals surface area contributed by atoms with Crippen LogP contribution in [0.25, 0.3) is 0 Å². The molecule has 0 spiro atoms. The minimum Gasteiger partial charge on any atom is -0.472 e. The van der Waals surface area contributed by atoms with Gasteiger partial charge in [0.15, 0.2) is 0 Å². The van der Waals surface area contributed by atoms with Gasteiger partial charge in [0.25, 0.3) is 0 Å². The molecular formula is C9H8O2S. The molecule has 12 heavy (non-hydrogen) atoms. The van der Waals surface area contributed by atoms with E-state index in [4.69, 9.17) is 4.42 Å². The fourth-order valence-electron chi connectivity index (χ4n) is 1.04. The van der Waals surface area contributed by atoms with Gasteiger partial charge in [0, 0.05) is 10.4 Å². The predicted octanol–water partition coefficient (Wildman–Crippen LogP) is 2.42. The second kappa shape index (κ2) is 3.13. The highest BCUT2D eigenvalue weighted by molar-refractivity contribution is 7.10. The minimum atomic E-state index is -0.538. The van der Waals surface area contributed by atoms with Crippen molar-refractivity contribution in [2.45, 2.75) is 6.10 Å². The Hall–Kier alpha value is -1.06. The number of furan rings is 1. The van der Waals surface area contributed by atoms with Crippen molar-refractivity contribution >= 4 is 11.3 Å². The first-order valence-corrected chi connectivity index (χ1v) is 4.49. The average Bonchev–Trinajstić information content (AvgIpc) is 2.77. The molecule has 0 fully saturated rings. The lowest BCUT2D eigenvalue weighted by atomic mass is 10.2. The molecule has 2 aromatic heterocycles. The molecule has 0 aliphatic heterocycles. The summed E-state index contributed by atoms with van der Waals surface area (Å²) < 4.78 is 4.88. The summed E-state index contributed by atoms with van der Waals surface area (Å²) in [5.41, 5.74) is 0.803. The zero-order valence-corrected chi connectivity index (χ0v) is 7.12. The average molecular weight is 180 g/mol. The van der Waals surface area contributed by atoms with Gasteiger partial charge < -0.3 is 9.52 Å². The Bertz CT molecular complexity index is 289. The number of rotatable bonds is 2. The van der Waals surface area contributed by atoms with Crippen molar-refractivity contribution < 1.29 is 9.52 Å². The number of aliphatic hydroxyl groups is 1. The fourth-order valence-corrected chi connectivity index (χ4v) is 1.78. The van der Waals surface area contributed by atoms with Crippen LogP contribution in [0, 0.1) is 0 Å². The van der Waals surface area contributed by atoms with Gasteiger partial charge in [-0.15, -0.1) is 11.3 Å². The minimum absolute atomic E-state index is 0.538. The summed E-state index contributed by atoms with van der Waals surface area (Å²) in [5.74, 6) is 0. The van der Waals surface area contributed by atoms with Gasteiger partial charge in [0.05, 0.1) is 12.5 Å². The summed E-state index contributed by atoms with van der Waals surface area (Å²) in [6, 6.07) is 5.59. The summed E-state index contributed by atoms with van der Waals surface area (Å²) in [7, 11) is 0. The standard InChI is InChI=1S/C9H8O2S/c10-9(7-3-4-11-6-7)8-2-1-5-12-8/h1-6,9-10H/t9-/m1/s1. The zero-order valence-electron chi connectivity index (χ0n) is 6.31. The van der Waals surface area contributed by atoms with Gasteiger partial charge in [-0.25, -0.2) is 0 Å². The van der Waals surface area contributed by atoms with E-state index in [0.29, 0.717) is 0 Å². The Kier molecular flexibility index (Phi) is 1.98. The number of thiophene rings is 1. The summed E-state index contributed by atoms with van der Waals surface area (Å²) in [5, 5.41) is 11.7. The summed E-state index contributed by atoms with van der Waals surface area (Å²) in [6.45, 7) is 0. The van der Waals surface area contributed by atoms with E-state index in [-0.39, 0.29) is 0 Å². The second-order valence-corrected chi connectivity index (χ2v) is 3.45. The summed E-state index contributed by atoms with van der Waals surface area (Å²) >= 11 is 1.54. The Morgan fingerprint density at radius 1 is 1.42 bits per heavy atom. The molecule has 0 unspecified atom stereocenters. The van der Waals surface area contributed by atoms with Crippen LogP contribution in [0.2, 0.25) is 0 Å². The molecule has 2 nitrogen and oxygen atoms in total. The SMILES string of the molecule is O[C@H](c1ccoc1)c1cccs1. The van der Waals surface area contributed by atoms with Crippen molar-refractivity contribution in [1.29, 1.82) is 0 Å². The lowest BCUT2D eigenvalue weighted by Crippen LogP contribution is -1.93. The smallest absolute Gasteiger partial charge is 0.116 e. The van der Waals surface area contributed by atoms with E-state index >= 15 is 0 Å². The van der Waals surface area contributed by atoms with Crippen LogP contribution < -0.4 is 0 Å². The molecule has 0 amide bonds. The maximum atomic E-state index is 9.72. The molecule has 2 heterocycles. The number of hydrogen-bond donors (Lipinski definition) is 1. The van der Waals surface area contributed by atoms with Gasteiger partial charge in [-0.1, -0.05) is 6.07 Å². The third-order valence-electron chi connectivity index (χ3n) is 1.67. The third kappa shape index (κ3) is 1.29. The van der Waals surface area contributed by atoms with Gasteiger partial charge in [-0.2, -0.15) is 0 Å². The first-order chi connectivity index (χ1) is 5.88. The zero-order chi connectivity index (χ0) is 8.39. The van der Waals surface area contributed by atoms with E-state index in [1.54, 1.807) is 18.6 Å².